The Kier molecular flexibility index (Phi) is 7.94. The number of allylic oxidation sites excluding steroid dienone is 1. The highest BCUT2D eigenvalue weighted by Gasteiger charge is 1.83. The van der Waals surface area contributed by atoms with E-state index in [-0.39, 0.29) is 20.6 Å². The van der Waals surface area contributed by atoms with Crippen LogP contribution < -0.4 is 0 Å². The summed E-state index contributed by atoms with van der Waals surface area (Å²) in [6, 6.07) is 9.75. The van der Waals surface area contributed by atoms with Crippen molar-refractivity contribution in [1.82, 2.24) is 0 Å². The Bertz CT molecular complexity index is 260. The van der Waals surface area contributed by atoms with Crippen LogP contribution in [0.2, 0.25) is 0 Å². The highest BCUT2D eigenvalue weighted by molar-refractivity contribution is 5.91. The summed E-state index contributed by atoms with van der Waals surface area (Å²) in [4.78, 5) is 10.5. The molecule has 1 aromatic carbocycles. The van der Waals surface area contributed by atoms with Gasteiger partial charge in [-0.3, -0.25) is 4.79 Å². The first kappa shape index (κ1) is 14.2. The maximum Gasteiger partial charge on any atom is 0.152 e. The number of hydrogen-bond acceptors (Lipinski definition) is 1. The first-order valence-electron chi connectivity index (χ1n) is 3.53. The molecule has 0 atom stereocenters. The van der Waals surface area contributed by atoms with E-state index in [0.717, 1.165) is 5.56 Å². The summed E-state index contributed by atoms with van der Waals surface area (Å²) < 4.78 is 0. The topological polar surface area (TPSA) is 17.1 Å². The molecule has 0 spiro atoms. The molecule has 72 valence electrons. The third kappa shape index (κ3) is 5.85. The van der Waals surface area contributed by atoms with E-state index in [1.807, 2.05) is 36.4 Å². The van der Waals surface area contributed by atoms with Gasteiger partial charge in [-0.2, -0.15) is 0 Å². The van der Waals surface area contributed by atoms with Crippen LogP contribution in [0.15, 0.2) is 36.4 Å². The number of carbonyl (C=O) groups is 1. The molecule has 1 nitrogen and oxygen atoms in total. The van der Waals surface area contributed by atoms with Gasteiger partial charge in [-0.15, -0.1) is 0 Å². The number of carbonyl (C=O) groups excluding carboxylic acids is 1. The molecule has 13 heavy (non-hydrogen) atoms. The van der Waals surface area contributed by atoms with Crippen LogP contribution in [-0.2, 0) is 4.79 Å². The minimum absolute atomic E-state index is 0. The molecule has 1 heteroatoms. The lowest BCUT2D eigenvalue weighted by Gasteiger charge is -1.88. The molecule has 0 N–H and O–H groups in total. The maximum absolute atomic E-state index is 10.5. The Morgan fingerprint density at radius 3 is 2.15 bits per heavy atom. The van der Waals surface area contributed by atoms with Crippen LogP contribution in [-0.4, -0.2) is 5.78 Å². The molecule has 0 saturated heterocycles. The summed E-state index contributed by atoms with van der Waals surface area (Å²) in [5.74, 6) is 0.0776. The summed E-state index contributed by atoms with van der Waals surface area (Å²) in [6.07, 6.45) is 3.37. The van der Waals surface area contributed by atoms with Crippen molar-refractivity contribution in [1.29, 1.82) is 0 Å². The Hall–Kier alpha value is -1.37. The van der Waals surface area contributed by atoms with Gasteiger partial charge in [0.05, 0.1) is 0 Å². The van der Waals surface area contributed by atoms with Gasteiger partial charge in [0.15, 0.2) is 5.78 Å². The Balaban J connectivity index is 0. The molecule has 0 unspecified atom stereocenters. The summed E-state index contributed by atoms with van der Waals surface area (Å²) in [5, 5.41) is 0. The third-order valence-electron chi connectivity index (χ3n) is 1.31. The Labute approximate surface area is 81.1 Å². The number of benzene rings is 1. The average molecular weight is 178 g/mol. The molecular weight excluding hydrogens is 160 g/mol. The van der Waals surface area contributed by atoms with E-state index in [0.29, 0.717) is 0 Å². The quantitative estimate of drug-likeness (QED) is 0.633. The second-order valence-corrected chi connectivity index (χ2v) is 2.35. The molecule has 1 aromatic rings. The first-order chi connectivity index (χ1) is 5.29. The number of rotatable bonds is 2. The van der Waals surface area contributed by atoms with E-state index in [9.17, 15) is 4.79 Å². The van der Waals surface area contributed by atoms with Crippen molar-refractivity contribution in [2.24, 2.45) is 0 Å². The van der Waals surface area contributed by atoms with Crippen molar-refractivity contribution < 1.29 is 4.79 Å². The zero-order valence-electron chi connectivity index (χ0n) is 6.45. The fourth-order valence-electron chi connectivity index (χ4n) is 0.778. The number of ketones is 1. The van der Waals surface area contributed by atoms with Crippen molar-refractivity contribution in [3.05, 3.63) is 42.0 Å². The zero-order valence-corrected chi connectivity index (χ0v) is 6.45. The van der Waals surface area contributed by atoms with Gasteiger partial charge in [0.1, 0.15) is 0 Å². The molecule has 0 aliphatic heterocycles. The smallest absolute Gasteiger partial charge is 0.152 e. The average Bonchev–Trinajstić information content (AvgIpc) is 2.03. The molecule has 0 aliphatic carbocycles. The van der Waals surface area contributed by atoms with E-state index >= 15 is 0 Å². The lowest BCUT2D eigenvalue weighted by Crippen LogP contribution is -1.79. The van der Waals surface area contributed by atoms with Gasteiger partial charge >= 0.3 is 0 Å². The van der Waals surface area contributed by atoms with Crippen LogP contribution in [0.4, 0.5) is 0 Å². The minimum Gasteiger partial charge on any atom is -0.295 e. The Morgan fingerprint density at radius 1 is 1.15 bits per heavy atom. The fourth-order valence-corrected chi connectivity index (χ4v) is 0.778. The van der Waals surface area contributed by atoms with Crippen molar-refractivity contribution in [2.75, 3.05) is 0 Å². The molecule has 0 heterocycles. The van der Waals surface area contributed by atoms with Crippen LogP contribution in [0, 0.1) is 0 Å². The molecule has 0 bridgehead atoms. The van der Waals surface area contributed by atoms with E-state index in [1.54, 1.807) is 13.0 Å². The van der Waals surface area contributed by atoms with E-state index in [1.165, 1.54) is 0 Å². The van der Waals surface area contributed by atoms with Crippen LogP contribution in [0.1, 0.15) is 27.3 Å². The van der Waals surface area contributed by atoms with E-state index < -0.39 is 0 Å². The molecule has 0 radical (unpaired) electrons. The lowest BCUT2D eigenvalue weighted by molar-refractivity contribution is -0.112. The molecule has 0 aliphatic rings. The molecule has 1 rings (SSSR count). The predicted octanol–water partition coefficient (Wildman–Crippen LogP) is 3.56. The van der Waals surface area contributed by atoms with Crippen LogP contribution in [0.3, 0.4) is 0 Å². The largest absolute Gasteiger partial charge is 0.295 e. The van der Waals surface area contributed by atoms with Crippen molar-refractivity contribution in [3.8, 4) is 0 Å². The third-order valence-corrected chi connectivity index (χ3v) is 1.31. The second kappa shape index (κ2) is 7.29. The monoisotopic (exact) mass is 178 g/mol. The standard InChI is InChI=1S/C10H10O.2CH4/c1-9(11)7-8-10-5-3-2-4-6-10;;/h2-8H,1H3;2*1H4/b8-7+;;. The minimum atomic E-state index is 0. The summed E-state index contributed by atoms with van der Waals surface area (Å²) >= 11 is 0. The van der Waals surface area contributed by atoms with Gasteiger partial charge < -0.3 is 0 Å². The summed E-state index contributed by atoms with van der Waals surface area (Å²) in [7, 11) is 0. The highest BCUT2D eigenvalue weighted by Crippen LogP contribution is 2.00. The van der Waals surface area contributed by atoms with Crippen LogP contribution in [0.5, 0.6) is 0 Å². The lowest BCUT2D eigenvalue weighted by atomic mass is 10.2. The molecule has 0 saturated carbocycles. The van der Waals surface area contributed by atoms with E-state index in [4.69, 9.17) is 0 Å². The fraction of sp³-hybridized carbons (Fsp3) is 0.250. The van der Waals surface area contributed by atoms with Crippen LogP contribution >= 0.6 is 0 Å². The molecule has 0 fully saturated rings. The SMILES string of the molecule is C.C.CC(=O)/C=C/c1ccccc1. The molecule has 0 amide bonds. The molecular formula is C12H18O. The predicted molar refractivity (Wildman–Crippen MR) is 59.6 cm³/mol. The first-order valence-corrected chi connectivity index (χ1v) is 3.53. The normalized spacial score (nSPS) is 8.69. The Morgan fingerprint density at radius 2 is 1.69 bits per heavy atom. The van der Waals surface area contributed by atoms with Crippen molar-refractivity contribution in [2.45, 2.75) is 21.8 Å². The summed E-state index contributed by atoms with van der Waals surface area (Å²) in [5.41, 5.74) is 1.06. The van der Waals surface area contributed by atoms with Crippen molar-refractivity contribution >= 4 is 11.9 Å². The van der Waals surface area contributed by atoms with Crippen molar-refractivity contribution in [3.63, 3.8) is 0 Å². The van der Waals surface area contributed by atoms with Gasteiger partial charge in [0.2, 0.25) is 0 Å². The maximum atomic E-state index is 10.5. The second-order valence-electron chi connectivity index (χ2n) is 2.35. The van der Waals surface area contributed by atoms with Crippen LogP contribution in [0.25, 0.3) is 6.08 Å². The zero-order chi connectivity index (χ0) is 8.10. The van der Waals surface area contributed by atoms with Gasteiger partial charge in [-0.25, -0.2) is 0 Å². The van der Waals surface area contributed by atoms with Gasteiger partial charge in [0.25, 0.3) is 0 Å². The van der Waals surface area contributed by atoms with Gasteiger partial charge in [-0.05, 0) is 18.6 Å². The molecule has 0 aromatic heterocycles. The summed E-state index contributed by atoms with van der Waals surface area (Å²) in [6.45, 7) is 1.54. The van der Waals surface area contributed by atoms with Gasteiger partial charge in [-0.1, -0.05) is 51.3 Å². The van der Waals surface area contributed by atoms with Gasteiger partial charge in [0, 0.05) is 0 Å². The number of hydrogen-bond donors (Lipinski definition) is 0. The van der Waals surface area contributed by atoms with E-state index in [2.05, 4.69) is 0 Å². The highest BCUT2D eigenvalue weighted by atomic mass is 16.1.